The molecule has 2 aliphatic rings. The first-order valence-electron chi connectivity index (χ1n) is 6.67. The molecule has 16 heavy (non-hydrogen) atoms. The van der Waals surface area contributed by atoms with Crippen molar-refractivity contribution in [3.8, 4) is 0 Å². The molecule has 3 heteroatoms. The zero-order valence-corrected chi connectivity index (χ0v) is 12.0. The van der Waals surface area contributed by atoms with Crippen LogP contribution < -0.4 is 0 Å². The van der Waals surface area contributed by atoms with Gasteiger partial charge in [0.15, 0.2) is 0 Å². The van der Waals surface area contributed by atoms with Crippen LogP contribution in [0, 0.1) is 5.41 Å². The van der Waals surface area contributed by atoms with Crippen LogP contribution >= 0.6 is 15.9 Å². The number of nitrogens with zero attached hydrogens (tertiary/aromatic N) is 1. The fraction of sp³-hybridized carbons (Fsp3) is 1.00. The molecule has 0 aromatic rings. The summed E-state index contributed by atoms with van der Waals surface area (Å²) in [5.41, 5.74) is 0.560. The van der Waals surface area contributed by atoms with Crippen LogP contribution in [0.15, 0.2) is 0 Å². The molecule has 1 aliphatic heterocycles. The first kappa shape index (κ1) is 12.8. The van der Waals surface area contributed by atoms with Crippen molar-refractivity contribution < 1.29 is 4.74 Å². The van der Waals surface area contributed by atoms with Gasteiger partial charge in [-0.2, -0.15) is 0 Å². The Labute approximate surface area is 108 Å². The van der Waals surface area contributed by atoms with Crippen LogP contribution in [-0.4, -0.2) is 42.6 Å². The van der Waals surface area contributed by atoms with Gasteiger partial charge in [-0.3, -0.25) is 4.90 Å². The van der Waals surface area contributed by atoms with Gasteiger partial charge >= 0.3 is 0 Å². The normalized spacial score (nSPS) is 30.8. The lowest BCUT2D eigenvalue weighted by molar-refractivity contribution is -0.0244. The Morgan fingerprint density at radius 2 is 2.12 bits per heavy atom. The molecule has 1 atom stereocenters. The maximum absolute atomic E-state index is 5.58. The molecule has 2 fully saturated rings. The molecule has 0 bridgehead atoms. The minimum Gasteiger partial charge on any atom is -0.378 e. The van der Waals surface area contributed by atoms with Gasteiger partial charge in [0.25, 0.3) is 0 Å². The largest absolute Gasteiger partial charge is 0.378 e. The van der Waals surface area contributed by atoms with Crippen LogP contribution in [0.4, 0.5) is 0 Å². The van der Waals surface area contributed by atoms with Crippen molar-refractivity contribution >= 4 is 15.9 Å². The highest BCUT2D eigenvalue weighted by atomic mass is 79.9. The molecule has 0 aromatic heterocycles. The number of hydrogen-bond donors (Lipinski definition) is 0. The van der Waals surface area contributed by atoms with Crippen molar-refractivity contribution in [2.24, 2.45) is 5.41 Å². The van der Waals surface area contributed by atoms with Crippen LogP contribution in [0.2, 0.25) is 0 Å². The second-order valence-electron chi connectivity index (χ2n) is 5.45. The number of rotatable bonds is 4. The summed E-state index contributed by atoms with van der Waals surface area (Å²) in [6.07, 6.45) is 6.88. The number of alkyl halides is 1. The first-order valence-corrected chi connectivity index (χ1v) is 7.79. The standard InChI is InChI=1S/C13H24BrNO/c1-2-12-9-16-8-7-15(12)11-13(10-14)5-3-4-6-13/h12H,2-11H2,1H3. The predicted molar refractivity (Wildman–Crippen MR) is 71.2 cm³/mol. The van der Waals surface area contributed by atoms with Crippen molar-refractivity contribution in [2.45, 2.75) is 45.1 Å². The smallest absolute Gasteiger partial charge is 0.0622 e. The van der Waals surface area contributed by atoms with E-state index in [1.165, 1.54) is 44.0 Å². The van der Waals surface area contributed by atoms with Gasteiger partial charge in [-0.1, -0.05) is 35.7 Å². The summed E-state index contributed by atoms with van der Waals surface area (Å²) in [5.74, 6) is 0. The second-order valence-corrected chi connectivity index (χ2v) is 6.01. The van der Waals surface area contributed by atoms with Crippen LogP contribution in [-0.2, 0) is 4.74 Å². The van der Waals surface area contributed by atoms with Gasteiger partial charge in [0.05, 0.1) is 13.2 Å². The van der Waals surface area contributed by atoms with E-state index in [4.69, 9.17) is 4.74 Å². The molecule has 1 saturated carbocycles. The number of halogens is 1. The van der Waals surface area contributed by atoms with Gasteiger partial charge in [-0.25, -0.2) is 0 Å². The van der Waals surface area contributed by atoms with E-state index >= 15 is 0 Å². The lowest BCUT2D eigenvalue weighted by atomic mass is 9.87. The highest BCUT2D eigenvalue weighted by Crippen LogP contribution is 2.40. The summed E-state index contributed by atoms with van der Waals surface area (Å²) in [7, 11) is 0. The molecule has 1 heterocycles. The molecule has 0 spiro atoms. The van der Waals surface area contributed by atoms with Crippen LogP contribution in [0.1, 0.15) is 39.0 Å². The van der Waals surface area contributed by atoms with E-state index in [1.807, 2.05) is 0 Å². The molecule has 2 nitrogen and oxygen atoms in total. The Bertz CT molecular complexity index is 216. The molecular formula is C13H24BrNO. The van der Waals surface area contributed by atoms with E-state index in [2.05, 4.69) is 27.8 Å². The molecule has 0 aromatic carbocycles. The SMILES string of the molecule is CCC1COCCN1CC1(CBr)CCCC1. The highest BCUT2D eigenvalue weighted by Gasteiger charge is 2.36. The lowest BCUT2D eigenvalue weighted by Gasteiger charge is -2.41. The quantitative estimate of drug-likeness (QED) is 0.738. The maximum Gasteiger partial charge on any atom is 0.0622 e. The van der Waals surface area contributed by atoms with Crippen molar-refractivity contribution in [3.05, 3.63) is 0 Å². The monoisotopic (exact) mass is 289 g/mol. The summed E-state index contributed by atoms with van der Waals surface area (Å²) in [5, 5.41) is 1.17. The fourth-order valence-corrected chi connectivity index (χ4v) is 3.90. The Balaban J connectivity index is 1.95. The molecule has 0 amide bonds. The van der Waals surface area contributed by atoms with E-state index in [9.17, 15) is 0 Å². The third kappa shape index (κ3) is 2.80. The number of morpholine rings is 1. The van der Waals surface area contributed by atoms with Gasteiger partial charge < -0.3 is 4.74 Å². The predicted octanol–water partition coefficient (Wildman–Crippen LogP) is 3.05. The fourth-order valence-electron chi connectivity index (χ4n) is 3.16. The molecule has 1 saturated heterocycles. The van der Waals surface area contributed by atoms with E-state index in [1.54, 1.807) is 0 Å². The Morgan fingerprint density at radius 3 is 2.75 bits per heavy atom. The molecule has 2 rings (SSSR count). The average Bonchev–Trinajstić information content (AvgIpc) is 2.79. The average molecular weight is 290 g/mol. The maximum atomic E-state index is 5.58. The summed E-state index contributed by atoms with van der Waals surface area (Å²) >= 11 is 3.74. The third-order valence-electron chi connectivity index (χ3n) is 4.31. The molecule has 1 unspecified atom stereocenters. The molecular weight excluding hydrogens is 266 g/mol. The number of hydrogen-bond acceptors (Lipinski definition) is 2. The minimum absolute atomic E-state index is 0.560. The van der Waals surface area contributed by atoms with E-state index < -0.39 is 0 Å². The molecule has 0 radical (unpaired) electrons. The van der Waals surface area contributed by atoms with Gasteiger partial charge in [0.2, 0.25) is 0 Å². The van der Waals surface area contributed by atoms with E-state index in [0.29, 0.717) is 11.5 Å². The topological polar surface area (TPSA) is 12.5 Å². The van der Waals surface area contributed by atoms with Crippen LogP contribution in [0.5, 0.6) is 0 Å². The lowest BCUT2D eigenvalue weighted by Crippen LogP contribution is -2.49. The Kier molecular flexibility index (Phi) is 4.68. The zero-order chi connectivity index (χ0) is 11.4. The second kappa shape index (κ2) is 5.83. The summed E-state index contributed by atoms with van der Waals surface area (Å²) < 4.78 is 5.58. The Morgan fingerprint density at radius 1 is 1.38 bits per heavy atom. The van der Waals surface area contributed by atoms with Crippen molar-refractivity contribution in [1.29, 1.82) is 0 Å². The van der Waals surface area contributed by atoms with Crippen molar-refractivity contribution in [2.75, 3.05) is 31.6 Å². The summed E-state index contributed by atoms with van der Waals surface area (Å²) in [4.78, 5) is 2.68. The van der Waals surface area contributed by atoms with Crippen molar-refractivity contribution in [1.82, 2.24) is 4.90 Å². The van der Waals surface area contributed by atoms with Gasteiger partial charge in [-0.05, 0) is 24.7 Å². The highest BCUT2D eigenvalue weighted by molar-refractivity contribution is 9.09. The van der Waals surface area contributed by atoms with Gasteiger partial charge in [0.1, 0.15) is 0 Å². The zero-order valence-electron chi connectivity index (χ0n) is 10.4. The van der Waals surface area contributed by atoms with Crippen LogP contribution in [0.3, 0.4) is 0 Å². The molecule has 0 N–H and O–H groups in total. The minimum atomic E-state index is 0.560. The van der Waals surface area contributed by atoms with Crippen LogP contribution in [0.25, 0.3) is 0 Å². The molecule has 1 aliphatic carbocycles. The number of ether oxygens (including phenoxy) is 1. The van der Waals surface area contributed by atoms with Gasteiger partial charge in [0, 0.05) is 24.5 Å². The third-order valence-corrected chi connectivity index (χ3v) is 5.50. The Hall–Kier alpha value is 0.400. The van der Waals surface area contributed by atoms with E-state index in [0.717, 1.165) is 19.8 Å². The first-order chi connectivity index (χ1) is 7.79. The van der Waals surface area contributed by atoms with Crippen molar-refractivity contribution in [3.63, 3.8) is 0 Å². The van der Waals surface area contributed by atoms with E-state index in [-0.39, 0.29) is 0 Å². The summed E-state index contributed by atoms with van der Waals surface area (Å²) in [6.45, 7) is 6.55. The van der Waals surface area contributed by atoms with Gasteiger partial charge in [-0.15, -0.1) is 0 Å². The molecule has 94 valence electrons. The summed E-state index contributed by atoms with van der Waals surface area (Å²) in [6, 6.07) is 0.658.